The molecule has 1 atom stereocenters. The Morgan fingerprint density at radius 1 is 1.12 bits per heavy atom. The van der Waals surface area contributed by atoms with Crippen molar-refractivity contribution in [1.29, 1.82) is 0 Å². The van der Waals surface area contributed by atoms with Gasteiger partial charge in [0.2, 0.25) is 0 Å². The third-order valence-corrected chi connectivity index (χ3v) is 7.03. The van der Waals surface area contributed by atoms with E-state index in [9.17, 15) is 4.79 Å². The van der Waals surface area contributed by atoms with E-state index in [1.54, 1.807) is 0 Å². The molecule has 1 aromatic rings. The van der Waals surface area contributed by atoms with Gasteiger partial charge in [0.05, 0.1) is 12.0 Å². The molecule has 0 amide bonds. The van der Waals surface area contributed by atoms with Gasteiger partial charge in [-0.1, -0.05) is 50.1 Å². The number of allylic oxidation sites excluding steroid dienone is 2. The molecule has 0 radical (unpaired) electrons. The number of Topliss-reactive ketones (excluding diaryl/α,β-unsaturated/α-hetero) is 1. The Labute approximate surface area is 154 Å². The van der Waals surface area contributed by atoms with E-state index >= 15 is 0 Å². The summed E-state index contributed by atoms with van der Waals surface area (Å²) in [6.07, 6.45) is 7.40. The van der Waals surface area contributed by atoms with E-state index in [-0.39, 0.29) is 10.8 Å². The summed E-state index contributed by atoms with van der Waals surface area (Å²) in [4.78, 5) is 13.5. The minimum absolute atomic E-state index is 0.174. The molecule has 5 rings (SSSR count). The van der Waals surface area contributed by atoms with Crippen LogP contribution in [0.4, 0.5) is 0 Å². The maximum Gasteiger partial charge on any atom is 0.162 e. The molecule has 4 heteroatoms. The zero-order valence-corrected chi connectivity index (χ0v) is 15.3. The van der Waals surface area contributed by atoms with Crippen LogP contribution >= 0.6 is 0 Å². The molecule has 1 aromatic carbocycles. The lowest BCUT2D eigenvalue weighted by atomic mass is 9.58. The van der Waals surface area contributed by atoms with Gasteiger partial charge in [-0.15, -0.1) is 5.11 Å². The topological polar surface area (TPSA) is 53.8 Å². The average Bonchev–Trinajstić information content (AvgIpc) is 3.30. The summed E-state index contributed by atoms with van der Waals surface area (Å²) in [5, 5.41) is 12.3. The van der Waals surface area contributed by atoms with E-state index < -0.39 is 0 Å². The van der Waals surface area contributed by atoms with E-state index in [0.717, 1.165) is 29.9 Å². The van der Waals surface area contributed by atoms with Crippen LogP contribution in [0.5, 0.6) is 0 Å². The van der Waals surface area contributed by atoms with Gasteiger partial charge in [-0.05, 0) is 36.7 Å². The first-order chi connectivity index (χ1) is 12.7. The van der Waals surface area contributed by atoms with Crippen molar-refractivity contribution in [2.24, 2.45) is 15.6 Å². The van der Waals surface area contributed by atoms with Gasteiger partial charge < -0.3 is 5.32 Å². The van der Waals surface area contributed by atoms with Crippen molar-refractivity contribution in [3.63, 3.8) is 0 Å². The van der Waals surface area contributed by atoms with Crippen molar-refractivity contribution in [1.82, 2.24) is 5.32 Å². The van der Waals surface area contributed by atoms with E-state index in [4.69, 9.17) is 0 Å². The number of hydrogen-bond donors (Lipinski definition) is 1. The Bertz CT molecular complexity index is 859. The first-order valence-corrected chi connectivity index (χ1v) is 9.89. The SMILES string of the molecule is CCC1(c2ccccc2)C2=C(N=NC2)NC2=C1C(=O)CC1(CCCC1)C2. The molecule has 1 saturated carbocycles. The number of carbonyl (C=O) groups excluding carboxylic acids is 1. The second-order valence-corrected chi connectivity index (χ2v) is 8.31. The van der Waals surface area contributed by atoms with Crippen LogP contribution in [-0.4, -0.2) is 12.3 Å². The number of hydrogen-bond acceptors (Lipinski definition) is 4. The molecule has 2 heterocycles. The van der Waals surface area contributed by atoms with Crippen LogP contribution in [0.1, 0.15) is 57.4 Å². The van der Waals surface area contributed by atoms with Gasteiger partial charge in [0.25, 0.3) is 0 Å². The third-order valence-electron chi connectivity index (χ3n) is 7.03. The lowest BCUT2D eigenvalue weighted by Gasteiger charge is -2.46. The molecule has 0 saturated heterocycles. The molecule has 134 valence electrons. The molecular formula is C22H25N3O. The highest BCUT2D eigenvalue weighted by Crippen LogP contribution is 2.56. The van der Waals surface area contributed by atoms with Crippen LogP contribution in [0.3, 0.4) is 0 Å². The Hall–Kier alpha value is -2.23. The number of nitrogens with one attached hydrogen (secondary N) is 1. The maximum absolute atomic E-state index is 13.5. The predicted octanol–water partition coefficient (Wildman–Crippen LogP) is 4.79. The van der Waals surface area contributed by atoms with Crippen LogP contribution in [0, 0.1) is 5.41 Å². The zero-order valence-electron chi connectivity index (χ0n) is 15.3. The average molecular weight is 347 g/mol. The van der Waals surface area contributed by atoms with E-state index in [1.165, 1.54) is 36.8 Å². The van der Waals surface area contributed by atoms with Crippen LogP contribution in [0.25, 0.3) is 0 Å². The standard InChI is InChI=1S/C22H25N3O/c1-2-22(15-8-4-3-5-9-15)16-14-23-25-20(16)24-17-12-21(10-6-7-11-21)13-18(26)19(17)22/h3-5,8-9,24H,2,6-7,10-14H2,1H3. The fraction of sp³-hybridized carbons (Fsp3) is 0.500. The Morgan fingerprint density at radius 3 is 2.62 bits per heavy atom. The lowest BCUT2D eigenvalue weighted by molar-refractivity contribution is -0.119. The third kappa shape index (κ3) is 2.04. The minimum Gasteiger partial charge on any atom is -0.342 e. The highest BCUT2D eigenvalue weighted by Gasteiger charge is 2.53. The van der Waals surface area contributed by atoms with Gasteiger partial charge in [-0.3, -0.25) is 4.79 Å². The Balaban J connectivity index is 1.72. The zero-order chi connectivity index (χ0) is 17.8. The largest absolute Gasteiger partial charge is 0.342 e. The number of benzene rings is 1. The Kier molecular flexibility index (Phi) is 3.46. The molecule has 1 spiro atoms. The number of dihydropyridines is 1. The van der Waals surface area contributed by atoms with Gasteiger partial charge in [0, 0.05) is 23.3 Å². The maximum atomic E-state index is 13.5. The number of azo groups is 1. The second kappa shape index (κ2) is 5.63. The summed E-state index contributed by atoms with van der Waals surface area (Å²) in [6.45, 7) is 2.78. The molecule has 4 nitrogen and oxygen atoms in total. The van der Waals surface area contributed by atoms with E-state index in [0.29, 0.717) is 18.7 Å². The van der Waals surface area contributed by atoms with Gasteiger partial charge in [-0.25, -0.2) is 0 Å². The van der Waals surface area contributed by atoms with Crippen LogP contribution in [0.2, 0.25) is 0 Å². The summed E-state index contributed by atoms with van der Waals surface area (Å²) in [5.74, 6) is 1.22. The predicted molar refractivity (Wildman–Crippen MR) is 100 cm³/mol. The van der Waals surface area contributed by atoms with Crippen LogP contribution in [0.15, 0.2) is 63.2 Å². The van der Waals surface area contributed by atoms with Gasteiger partial charge in [-0.2, -0.15) is 5.11 Å². The van der Waals surface area contributed by atoms with E-state index in [2.05, 4.69) is 46.7 Å². The van der Waals surface area contributed by atoms with Crippen molar-refractivity contribution in [3.8, 4) is 0 Å². The molecule has 1 fully saturated rings. The summed E-state index contributed by atoms with van der Waals surface area (Å²) in [6, 6.07) is 10.5. The Morgan fingerprint density at radius 2 is 1.88 bits per heavy atom. The van der Waals surface area contributed by atoms with Crippen molar-refractivity contribution >= 4 is 5.78 Å². The van der Waals surface area contributed by atoms with Gasteiger partial charge in [0.1, 0.15) is 0 Å². The number of carbonyl (C=O) groups is 1. The molecule has 4 aliphatic rings. The van der Waals surface area contributed by atoms with Crippen molar-refractivity contribution in [3.05, 3.63) is 58.6 Å². The number of rotatable bonds is 2. The van der Waals surface area contributed by atoms with E-state index in [1.807, 2.05) is 6.07 Å². The summed E-state index contributed by atoms with van der Waals surface area (Å²) >= 11 is 0. The quantitative estimate of drug-likeness (QED) is 0.836. The normalized spacial score (nSPS) is 29.2. The molecule has 0 bridgehead atoms. The second-order valence-electron chi connectivity index (χ2n) is 8.31. The van der Waals surface area contributed by atoms with Crippen molar-refractivity contribution < 1.29 is 4.79 Å². The van der Waals surface area contributed by atoms with Gasteiger partial charge in [0.15, 0.2) is 11.6 Å². The molecule has 2 aliphatic heterocycles. The molecule has 1 N–H and O–H groups in total. The smallest absolute Gasteiger partial charge is 0.162 e. The summed E-state index contributed by atoms with van der Waals surface area (Å²) in [5.41, 5.74) is 4.28. The first-order valence-electron chi connectivity index (χ1n) is 9.89. The van der Waals surface area contributed by atoms with Crippen molar-refractivity contribution in [2.45, 2.75) is 57.3 Å². The molecule has 26 heavy (non-hydrogen) atoms. The fourth-order valence-electron chi connectivity index (χ4n) is 5.88. The molecule has 1 unspecified atom stereocenters. The lowest BCUT2D eigenvalue weighted by Crippen LogP contribution is -2.46. The summed E-state index contributed by atoms with van der Waals surface area (Å²) in [7, 11) is 0. The van der Waals surface area contributed by atoms with Crippen LogP contribution < -0.4 is 5.32 Å². The molecule has 0 aromatic heterocycles. The number of nitrogens with zero attached hydrogens (tertiary/aromatic N) is 2. The highest BCUT2D eigenvalue weighted by molar-refractivity contribution is 6.01. The highest BCUT2D eigenvalue weighted by atomic mass is 16.1. The number of ketones is 1. The van der Waals surface area contributed by atoms with Crippen LogP contribution in [-0.2, 0) is 10.2 Å². The minimum atomic E-state index is -0.377. The summed E-state index contributed by atoms with van der Waals surface area (Å²) < 4.78 is 0. The molecular weight excluding hydrogens is 322 g/mol. The first kappa shape index (κ1) is 16.0. The van der Waals surface area contributed by atoms with Crippen molar-refractivity contribution in [2.75, 3.05) is 6.54 Å². The van der Waals surface area contributed by atoms with Gasteiger partial charge >= 0.3 is 0 Å². The monoisotopic (exact) mass is 347 g/mol. The fourth-order valence-corrected chi connectivity index (χ4v) is 5.88. The molecule has 2 aliphatic carbocycles.